The zero-order chi connectivity index (χ0) is 11.3. The van der Waals surface area contributed by atoms with Gasteiger partial charge in [-0.15, -0.1) is 12.4 Å². The quantitative estimate of drug-likeness (QED) is 0.752. The highest BCUT2D eigenvalue weighted by atomic mass is 35.5. The van der Waals surface area contributed by atoms with Crippen molar-refractivity contribution in [1.82, 2.24) is 10.6 Å². The van der Waals surface area contributed by atoms with Gasteiger partial charge in [0.05, 0.1) is 5.92 Å². The van der Waals surface area contributed by atoms with Crippen LogP contribution in [0, 0.1) is 5.92 Å². The van der Waals surface area contributed by atoms with Gasteiger partial charge in [-0.3, -0.25) is 4.79 Å². The van der Waals surface area contributed by atoms with Crippen molar-refractivity contribution in [3.63, 3.8) is 0 Å². The van der Waals surface area contributed by atoms with Crippen molar-refractivity contribution in [2.24, 2.45) is 5.92 Å². The second kappa shape index (κ2) is 6.96. The Kier molecular flexibility index (Phi) is 6.74. The zero-order valence-corrected chi connectivity index (χ0v) is 9.59. The number of rotatable bonds is 4. The topological polar surface area (TPSA) is 41.1 Å². The number of nitrogens with one attached hydrogen (secondary N) is 2. The van der Waals surface area contributed by atoms with E-state index in [1.165, 1.54) is 0 Å². The summed E-state index contributed by atoms with van der Waals surface area (Å²) >= 11 is 0. The Morgan fingerprint density at radius 2 is 2.12 bits per heavy atom. The highest BCUT2D eigenvalue weighted by Gasteiger charge is 2.26. The van der Waals surface area contributed by atoms with Gasteiger partial charge in [-0.25, -0.2) is 0 Å². The van der Waals surface area contributed by atoms with Crippen LogP contribution in [0.2, 0.25) is 0 Å². The fourth-order valence-corrected chi connectivity index (χ4v) is 1.52. The summed E-state index contributed by atoms with van der Waals surface area (Å²) in [6, 6.07) is 0. The molecule has 1 atom stereocenters. The van der Waals surface area contributed by atoms with Gasteiger partial charge in [-0.05, 0) is 19.4 Å². The van der Waals surface area contributed by atoms with E-state index in [0.29, 0.717) is 6.54 Å². The molecule has 0 aromatic rings. The number of hydrogen-bond acceptors (Lipinski definition) is 2. The summed E-state index contributed by atoms with van der Waals surface area (Å²) < 4.78 is 35.3. The second-order valence-corrected chi connectivity index (χ2v) is 3.70. The fourth-order valence-electron chi connectivity index (χ4n) is 1.52. The summed E-state index contributed by atoms with van der Waals surface area (Å²) in [6.45, 7) is 1.54. The highest BCUT2D eigenvalue weighted by molar-refractivity contribution is 5.85. The molecule has 1 unspecified atom stereocenters. The van der Waals surface area contributed by atoms with Gasteiger partial charge in [0.2, 0.25) is 5.91 Å². The Morgan fingerprint density at radius 3 is 2.62 bits per heavy atom. The molecule has 1 rings (SSSR count). The van der Waals surface area contributed by atoms with Gasteiger partial charge in [-0.2, -0.15) is 13.2 Å². The van der Waals surface area contributed by atoms with E-state index in [-0.39, 0.29) is 37.2 Å². The molecule has 7 heteroatoms. The molecule has 16 heavy (non-hydrogen) atoms. The van der Waals surface area contributed by atoms with Crippen molar-refractivity contribution in [3.05, 3.63) is 0 Å². The van der Waals surface area contributed by atoms with E-state index in [0.717, 1.165) is 13.0 Å². The van der Waals surface area contributed by atoms with Gasteiger partial charge in [-0.1, -0.05) is 0 Å². The summed E-state index contributed by atoms with van der Waals surface area (Å²) in [5.41, 5.74) is 0. The lowest BCUT2D eigenvalue weighted by atomic mass is 10.1. The molecule has 0 bridgehead atoms. The van der Waals surface area contributed by atoms with Gasteiger partial charge >= 0.3 is 6.18 Å². The summed E-state index contributed by atoms with van der Waals surface area (Å²) in [5.74, 6) is -0.210. The van der Waals surface area contributed by atoms with Crippen LogP contribution in [-0.4, -0.2) is 31.7 Å². The first-order valence-electron chi connectivity index (χ1n) is 5.04. The number of carbonyl (C=O) groups is 1. The minimum absolute atomic E-state index is 0. The molecule has 1 fully saturated rings. The number of carbonyl (C=O) groups excluding carboxylic acids is 1. The maximum atomic E-state index is 11.8. The third kappa shape index (κ3) is 6.17. The van der Waals surface area contributed by atoms with Gasteiger partial charge in [0, 0.05) is 19.5 Å². The van der Waals surface area contributed by atoms with E-state index < -0.39 is 12.6 Å². The normalized spacial score (nSPS) is 20.3. The number of hydrogen-bond donors (Lipinski definition) is 2. The molecule has 2 N–H and O–H groups in total. The van der Waals surface area contributed by atoms with Crippen LogP contribution >= 0.6 is 12.4 Å². The van der Waals surface area contributed by atoms with Crippen LogP contribution in [0.25, 0.3) is 0 Å². The first-order chi connectivity index (χ1) is 6.99. The molecular weight excluding hydrogens is 245 g/mol. The lowest BCUT2D eigenvalue weighted by molar-refractivity contribution is -0.136. The molecule has 1 amide bonds. The second-order valence-electron chi connectivity index (χ2n) is 3.70. The van der Waals surface area contributed by atoms with Crippen molar-refractivity contribution in [3.8, 4) is 0 Å². The van der Waals surface area contributed by atoms with Gasteiger partial charge < -0.3 is 10.6 Å². The molecule has 3 nitrogen and oxygen atoms in total. The zero-order valence-electron chi connectivity index (χ0n) is 8.77. The number of halogens is 4. The third-order valence-electron chi connectivity index (χ3n) is 2.37. The van der Waals surface area contributed by atoms with Crippen LogP contribution in [0.15, 0.2) is 0 Å². The maximum Gasteiger partial charge on any atom is 0.389 e. The molecule has 96 valence electrons. The van der Waals surface area contributed by atoms with E-state index in [1.54, 1.807) is 0 Å². The third-order valence-corrected chi connectivity index (χ3v) is 2.37. The van der Waals surface area contributed by atoms with E-state index in [2.05, 4.69) is 10.6 Å². The minimum atomic E-state index is -4.13. The maximum absolute atomic E-state index is 11.8. The molecule has 0 aromatic heterocycles. The molecule has 1 saturated heterocycles. The molecule has 0 aromatic carbocycles. The highest BCUT2D eigenvalue weighted by Crippen LogP contribution is 2.20. The van der Waals surface area contributed by atoms with E-state index >= 15 is 0 Å². The Labute approximate surface area is 98.6 Å². The van der Waals surface area contributed by atoms with E-state index in [9.17, 15) is 18.0 Å². The van der Waals surface area contributed by atoms with Crippen molar-refractivity contribution in [1.29, 1.82) is 0 Å². The summed E-state index contributed by atoms with van der Waals surface area (Å²) in [4.78, 5) is 11.3. The lowest BCUT2D eigenvalue weighted by Gasteiger charge is -2.10. The standard InChI is InChI=1S/C9H15F3N2O.ClH/c10-9(11,12)3-1-4-14-8(15)7-2-5-13-6-7;/h7,13H,1-6H2,(H,14,15);1H. The Balaban J connectivity index is 0.00000225. The minimum Gasteiger partial charge on any atom is -0.356 e. The molecule has 1 aliphatic rings. The molecule has 0 spiro atoms. The number of amides is 1. The Bertz CT molecular complexity index is 217. The van der Waals surface area contributed by atoms with Gasteiger partial charge in [0.1, 0.15) is 0 Å². The summed E-state index contributed by atoms with van der Waals surface area (Å²) in [6.07, 6.45) is -4.24. The Hall–Kier alpha value is -0.490. The summed E-state index contributed by atoms with van der Waals surface area (Å²) in [5, 5.41) is 5.55. The van der Waals surface area contributed by atoms with Gasteiger partial charge in [0.25, 0.3) is 0 Å². The van der Waals surface area contributed by atoms with E-state index in [4.69, 9.17) is 0 Å². The average Bonchev–Trinajstić information content (AvgIpc) is 2.63. The largest absolute Gasteiger partial charge is 0.389 e. The van der Waals surface area contributed by atoms with Crippen LogP contribution in [-0.2, 0) is 4.79 Å². The summed E-state index contributed by atoms with van der Waals surface area (Å²) in [7, 11) is 0. The van der Waals surface area contributed by atoms with Crippen molar-refractivity contribution in [2.75, 3.05) is 19.6 Å². The van der Waals surface area contributed by atoms with Crippen LogP contribution in [0.4, 0.5) is 13.2 Å². The van der Waals surface area contributed by atoms with Crippen LogP contribution in [0.3, 0.4) is 0 Å². The molecule has 1 aliphatic heterocycles. The Morgan fingerprint density at radius 1 is 1.44 bits per heavy atom. The van der Waals surface area contributed by atoms with E-state index in [1.807, 2.05) is 0 Å². The van der Waals surface area contributed by atoms with Crippen LogP contribution in [0.5, 0.6) is 0 Å². The predicted octanol–water partition coefficient (Wildman–Crippen LogP) is 1.48. The SMILES string of the molecule is Cl.O=C(NCCCC(F)(F)F)C1CCNC1. The molecule has 0 radical (unpaired) electrons. The predicted molar refractivity (Wildman–Crippen MR) is 56.5 cm³/mol. The van der Waals surface area contributed by atoms with Gasteiger partial charge in [0.15, 0.2) is 0 Å². The number of alkyl halides is 3. The average molecular weight is 261 g/mol. The first kappa shape index (κ1) is 15.5. The molecular formula is C9H16ClF3N2O. The molecule has 0 aliphatic carbocycles. The fraction of sp³-hybridized carbons (Fsp3) is 0.889. The monoisotopic (exact) mass is 260 g/mol. The molecule has 0 saturated carbocycles. The lowest BCUT2D eigenvalue weighted by Crippen LogP contribution is -2.33. The molecule has 1 heterocycles. The van der Waals surface area contributed by atoms with Crippen LogP contribution < -0.4 is 10.6 Å². The van der Waals surface area contributed by atoms with Crippen molar-refractivity contribution >= 4 is 18.3 Å². The first-order valence-corrected chi connectivity index (χ1v) is 5.04. The van der Waals surface area contributed by atoms with Crippen molar-refractivity contribution < 1.29 is 18.0 Å². The van der Waals surface area contributed by atoms with Crippen LogP contribution in [0.1, 0.15) is 19.3 Å². The smallest absolute Gasteiger partial charge is 0.356 e. The van der Waals surface area contributed by atoms with Crippen molar-refractivity contribution in [2.45, 2.75) is 25.4 Å².